The largest absolute Gasteiger partial charge is 0.421 e. The summed E-state index contributed by atoms with van der Waals surface area (Å²) in [6.45, 7) is 7.62. The lowest BCUT2D eigenvalue weighted by Crippen LogP contribution is -2.51. The standard InChI is InChI=1S/C41H49F5N8O2S/c1-25-3-2-15-54(22-25)37-31(41(44,45)46)21-47-39(50-37)48-34-8-5-28(20-33(34)43)57-51-35-12-16-52(24-40(35)13-14-40)23-26-10-17-53(18-11-26)27-4-6-29(32(42)19-27)30-7-9-36(55)49-38(30)56/h4-6,8,19-21,25-26,30,35,51H,2-3,7,9-18,22-24H2,1H3,(H,47,48,50)(H,49,55,56). The molecule has 3 aromatic rings. The summed E-state index contributed by atoms with van der Waals surface area (Å²) in [5.74, 6) is -1.83. The number of aromatic nitrogens is 2. The van der Waals surface area contributed by atoms with Crippen LogP contribution in [0.25, 0.3) is 0 Å². The lowest BCUT2D eigenvalue weighted by Gasteiger charge is -2.42. The topological polar surface area (TPSA) is 106 Å². The number of halogens is 5. The monoisotopic (exact) mass is 812 g/mol. The molecular weight excluding hydrogens is 764 g/mol. The number of likely N-dealkylation sites (tertiary alicyclic amines) is 1. The van der Waals surface area contributed by atoms with Crippen molar-refractivity contribution in [3.05, 3.63) is 65.4 Å². The second kappa shape index (κ2) is 16.3. The first kappa shape index (κ1) is 39.8. The Balaban J connectivity index is 0.812. The number of alkyl halides is 3. The lowest BCUT2D eigenvalue weighted by molar-refractivity contribution is -0.138. The molecule has 3 atom stereocenters. The summed E-state index contributed by atoms with van der Waals surface area (Å²) >= 11 is 1.40. The fourth-order valence-electron chi connectivity index (χ4n) is 9.16. The number of amides is 2. The molecule has 1 aliphatic carbocycles. The number of carbonyl (C=O) groups is 2. The second-order valence-corrected chi connectivity index (χ2v) is 17.6. The van der Waals surface area contributed by atoms with E-state index < -0.39 is 35.2 Å². The highest BCUT2D eigenvalue weighted by Crippen LogP contribution is 2.53. The Labute approximate surface area is 333 Å². The number of nitrogens with one attached hydrogen (secondary N) is 3. The second-order valence-electron chi connectivity index (χ2n) is 16.7. The van der Waals surface area contributed by atoms with Crippen LogP contribution < -0.4 is 25.2 Å². The molecule has 4 saturated heterocycles. The molecule has 2 amide bonds. The van der Waals surface area contributed by atoms with Crippen LogP contribution >= 0.6 is 11.9 Å². The van der Waals surface area contributed by atoms with E-state index in [1.807, 2.05) is 13.0 Å². The molecule has 1 saturated carbocycles. The van der Waals surface area contributed by atoms with Gasteiger partial charge in [0.1, 0.15) is 23.0 Å². The summed E-state index contributed by atoms with van der Waals surface area (Å²) in [5.41, 5.74) is 0.544. The molecule has 5 aliphatic rings. The van der Waals surface area contributed by atoms with Crippen molar-refractivity contribution in [2.75, 3.05) is 60.9 Å². The molecule has 3 unspecified atom stereocenters. The van der Waals surface area contributed by atoms with Gasteiger partial charge in [0, 0.05) is 74.1 Å². The third-order valence-corrected chi connectivity index (χ3v) is 13.4. The smallest absolute Gasteiger partial charge is 0.371 e. The first-order valence-electron chi connectivity index (χ1n) is 20.1. The Kier molecular flexibility index (Phi) is 11.4. The van der Waals surface area contributed by atoms with Crippen LogP contribution in [0.5, 0.6) is 0 Å². The van der Waals surface area contributed by atoms with Crippen molar-refractivity contribution in [2.45, 2.75) is 87.7 Å². The molecule has 306 valence electrons. The minimum Gasteiger partial charge on any atom is -0.371 e. The molecule has 2 aromatic carbocycles. The molecule has 10 nitrogen and oxygen atoms in total. The molecule has 0 bridgehead atoms. The van der Waals surface area contributed by atoms with E-state index in [1.54, 1.807) is 23.1 Å². The van der Waals surface area contributed by atoms with Crippen LogP contribution in [0.2, 0.25) is 0 Å². The third-order valence-electron chi connectivity index (χ3n) is 12.5. The minimum absolute atomic E-state index is 0.0876. The normalized spacial score (nSPS) is 24.5. The van der Waals surface area contributed by atoms with E-state index >= 15 is 8.78 Å². The van der Waals surface area contributed by atoms with Gasteiger partial charge in [-0.05, 0) is 117 Å². The Morgan fingerprint density at radius 1 is 0.947 bits per heavy atom. The quantitative estimate of drug-likeness (QED) is 0.108. The molecule has 8 rings (SSSR count). The van der Waals surface area contributed by atoms with Gasteiger partial charge in [-0.25, -0.2) is 13.8 Å². The van der Waals surface area contributed by atoms with Crippen LogP contribution in [0.15, 0.2) is 47.5 Å². The van der Waals surface area contributed by atoms with Crippen molar-refractivity contribution in [3.8, 4) is 0 Å². The summed E-state index contributed by atoms with van der Waals surface area (Å²) in [4.78, 5) is 39.1. The van der Waals surface area contributed by atoms with Gasteiger partial charge in [-0.3, -0.25) is 19.6 Å². The minimum atomic E-state index is -4.61. The summed E-state index contributed by atoms with van der Waals surface area (Å²) < 4.78 is 75.7. The Morgan fingerprint density at radius 2 is 1.75 bits per heavy atom. The Hall–Kier alpha value is -4.02. The van der Waals surface area contributed by atoms with Crippen molar-refractivity contribution in [1.82, 2.24) is 24.9 Å². The number of rotatable bonds is 10. The van der Waals surface area contributed by atoms with Gasteiger partial charge in [0.05, 0.1) is 11.6 Å². The summed E-state index contributed by atoms with van der Waals surface area (Å²) in [6, 6.07) is 10.2. The first-order chi connectivity index (χ1) is 27.3. The van der Waals surface area contributed by atoms with E-state index in [0.717, 1.165) is 89.6 Å². The van der Waals surface area contributed by atoms with Crippen LogP contribution in [0.4, 0.5) is 45.1 Å². The maximum Gasteiger partial charge on any atom is 0.421 e. The van der Waals surface area contributed by atoms with Crippen molar-refractivity contribution in [3.63, 3.8) is 0 Å². The molecule has 1 aromatic heterocycles. The molecule has 16 heteroatoms. The highest BCUT2D eigenvalue weighted by Gasteiger charge is 2.52. The van der Waals surface area contributed by atoms with Crippen molar-refractivity contribution >= 4 is 46.9 Å². The third kappa shape index (κ3) is 9.02. The molecule has 57 heavy (non-hydrogen) atoms. The average molecular weight is 813 g/mol. The predicted octanol–water partition coefficient (Wildman–Crippen LogP) is 7.64. The van der Waals surface area contributed by atoms with Gasteiger partial charge in [0.15, 0.2) is 0 Å². The summed E-state index contributed by atoms with van der Waals surface area (Å²) in [5, 5.41) is 5.11. The molecule has 1 spiro atoms. The Morgan fingerprint density at radius 3 is 2.46 bits per heavy atom. The maximum atomic E-state index is 15.4. The summed E-state index contributed by atoms with van der Waals surface area (Å²) in [6.07, 6.45) is 3.71. The fraction of sp³-hybridized carbons (Fsp3) is 0.561. The zero-order chi connectivity index (χ0) is 39.9. The van der Waals surface area contributed by atoms with Crippen molar-refractivity contribution < 1.29 is 31.5 Å². The van der Waals surface area contributed by atoms with Crippen LogP contribution in [0, 0.1) is 28.9 Å². The highest BCUT2D eigenvalue weighted by atomic mass is 32.2. The molecule has 3 N–H and O–H groups in total. The number of carbonyl (C=O) groups excluding carboxylic acids is 2. The van der Waals surface area contributed by atoms with E-state index in [0.29, 0.717) is 35.9 Å². The number of hydrogen-bond donors (Lipinski definition) is 3. The summed E-state index contributed by atoms with van der Waals surface area (Å²) in [7, 11) is 0. The van der Waals surface area contributed by atoms with Gasteiger partial charge in [0.2, 0.25) is 17.8 Å². The van der Waals surface area contributed by atoms with Gasteiger partial charge < -0.3 is 20.0 Å². The van der Waals surface area contributed by atoms with Gasteiger partial charge >= 0.3 is 6.18 Å². The number of anilines is 4. The lowest BCUT2D eigenvalue weighted by atomic mass is 9.88. The van der Waals surface area contributed by atoms with Crippen LogP contribution in [-0.4, -0.2) is 78.5 Å². The van der Waals surface area contributed by atoms with E-state index in [-0.39, 0.29) is 47.2 Å². The number of piperidine rings is 4. The predicted molar refractivity (Wildman–Crippen MR) is 209 cm³/mol. The van der Waals surface area contributed by atoms with E-state index in [4.69, 9.17) is 0 Å². The zero-order valence-corrected chi connectivity index (χ0v) is 32.8. The SMILES string of the molecule is CC1CCCN(c2nc(Nc3ccc(SNC4CCN(CC5CCN(c6ccc(C7CCC(=O)NC7=O)c(F)c6)CC5)CC45CC5)cc3F)ncc2C(F)(F)F)C1. The maximum absolute atomic E-state index is 15.4. The first-order valence-corrected chi connectivity index (χ1v) is 20.9. The molecular formula is C41H49F5N8O2S. The van der Waals surface area contributed by atoms with Crippen LogP contribution in [0.3, 0.4) is 0 Å². The molecule has 4 aliphatic heterocycles. The van der Waals surface area contributed by atoms with Crippen LogP contribution in [-0.2, 0) is 15.8 Å². The van der Waals surface area contributed by atoms with Gasteiger partial charge in [0.25, 0.3) is 0 Å². The fourth-order valence-corrected chi connectivity index (χ4v) is 10.1. The van der Waals surface area contributed by atoms with Crippen molar-refractivity contribution in [2.24, 2.45) is 17.3 Å². The van der Waals surface area contributed by atoms with Gasteiger partial charge in [-0.2, -0.15) is 18.2 Å². The number of imide groups is 1. The van der Waals surface area contributed by atoms with Crippen molar-refractivity contribution in [1.29, 1.82) is 0 Å². The van der Waals surface area contributed by atoms with Crippen LogP contribution in [0.1, 0.15) is 81.8 Å². The average Bonchev–Trinajstić information content (AvgIpc) is 3.94. The number of benzene rings is 2. The number of hydrogen-bond acceptors (Lipinski definition) is 10. The molecule has 5 heterocycles. The van der Waals surface area contributed by atoms with Gasteiger partial charge in [-0.15, -0.1) is 0 Å². The number of nitrogens with zero attached hydrogens (tertiary/aromatic N) is 5. The van der Waals surface area contributed by atoms with E-state index in [1.165, 1.54) is 24.1 Å². The Bertz CT molecular complexity index is 1970. The molecule has 0 radical (unpaired) electrons. The highest BCUT2D eigenvalue weighted by molar-refractivity contribution is 7.97. The molecule has 5 fully saturated rings. The van der Waals surface area contributed by atoms with Gasteiger partial charge in [-0.1, -0.05) is 13.0 Å². The zero-order valence-electron chi connectivity index (χ0n) is 32.0. The van der Waals surface area contributed by atoms with E-state index in [2.05, 4.69) is 35.1 Å². The van der Waals surface area contributed by atoms with E-state index in [9.17, 15) is 22.8 Å².